The summed E-state index contributed by atoms with van der Waals surface area (Å²) in [5.74, 6) is 0.807. The molecule has 2 aromatic carbocycles. The van der Waals surface area contributed by atoms with Crippen molar-refractivity contribution in [2.45, 2.75) is 33.1 Å². The second-order valence-corrected chi connectivity index (χ2v) is 6.17. The number of nitrogens with one attached hydrogen (secondary N) is 2. The highest BCUT2D eigenvalue weighted by Gasteiger charge is 2.12. The van der Waals surface area contributed by atoms with Crippen LogP contribution in [0.3, 0.4) is 0 Å². The summed E-state index contributed by atoms with van der Waals surface area (Å²) in [6, 6.07) is 15.0. The number of hydrogen-bond acceptors (Lipinski definition) is 3. The smallest absolute Gasteiger partial charge is 0.257 e. The third-order valence-corrected chi connectivity index (χ3v) is 4.19. The summed E-state index contributed by atoms with van der Waals surface area (Å²) >= 11 is 5.30. The SMILES string of the molecule is CCOc1cccc(C(=O)NC(=S)Nc2ccccc2C(C)CC)c1. The summed E-state index contributed by atoms with van der Waals surface area (Å²) in [5, 5.41) is 6.14. The maximum absolute atomic E-state index is 12.4. The molecule has 1 atom stereocenters. The number of hydrogen-bond donors (Lipinski definition) is 2. The quantitative estimate of drug-likeness (QED) is 0.735. The topological polar surface area (TPSA) is 50.4 Å². The Morgan fingerprint density at radius 1 is 1.16 bits per heavy atom. The number of anilines is 1. The first kappa shape index (κ1) is 18.9. The van der Waals surface area contributed by atoms with Gasteiger partial charge in [-0.15, -0.1) is 0 Å². The van der Waals surface area contributed by atoms with Crippen LogP contribution in [-0.2, 0) is 0 Å². The van der Waals surface area contributed by atoms with Gasteiger partial charge in [0.15, 0.2) is 5.11 Å². The minimum absolute atomic E-state index is 0.264. The molecule has 0 spiro atoms. The maximum atomic E-state index is 12.4. The number of ether oxygens (including phenoxy) is 1. The molecule has 1 unspecified atom stereocenters. The van der Waals surface area contributed by atoms with Crippen LogP contribution in [0.25, 0.3) is 0 Å². The van der Waals surface area contributed by atoms with E-state index in [1.165, 1.54) is 5.56 Å². The van der Waals surface area contributed by atoms with E-state index >= 15 is 0 Å². The summed E-state index contributed by atoms with van der Waals surface area (Å²) in [6.07, 6.45) is 1.03. The molecule has 0 radical (unpaired) electrons. The first-order chi connectivity index (χ1) is 12.0. The third-order valence-electron chi connectivity index (χ3n) is 3.99. The van der Waals surface area contributed by atoms with Crippen molar-refractivity contribution >= 4 is 28.9 Å². The first-order valence-corrected chi connectivity index (χ1v) is 8.90. The molecular weight excluding hydrogens is 332 g/mol. The van der Waals surface area contributed by atoms with Crippen molar-refractivity contribution in [3.05, 3.63) is 59.7 Å². The molecule has 0 aliphatic heterocycles. The molecule has 0 heterocycles. The monoisotopic (exact) mass is 356 g/mol. The Balaban J connectivity index is 2.05. The van der Waals surface area contributed by atoms with Crippen molar-refractivity contribution in [3.8, 4) is 5.75 Å². The maximum Gasteiger partial charge on any atom is 0.257 e. The van der Waals surface area contributed by atoms with E-state index in [-0.39, 0.29) is 11.0 Å². The average Bonchev–Trinajstić information content (AvgIpc) is 2.62. The van der Waals surface area contributed by atoms with Gasteiger partial charge in [0.25, 0.3) is 5.91 Å². The molecule has 0 aromatic heterocycles. The second-order valence-electron chi connectivity index (χ2n) is 5.77. The van der Waals surface area contributed by atoms with E-state index in [1.807, 2.05) is 31.2 Å². The van der Waals surface area contributed by atoms with Crippen LogP contribution in [0.2, 0.25) is 0 Å². The fourth-order valence-electron chi connectivity index (χ4n) is 2.48. The molecule has 25 heavy (non-hydrogen) atoms. The third kappa shape index (κ3) is 5.29. The van der Waals surface area contributed by atoms with Crippen LogP contribution in [0.15, 0.2) is 48.5 Å². The minimum Gasteiger partial charge on any atom is -0.494 e. The van der Waals surface area contributed by atoms with Crippen molar-refractivity contribution in [3.63, 3.8) is 0 Å². The van der Waals surface area contributed by atoms with Crippen LogP contribution in [-0.4, -0.2) is 17.6 Å². The summed E-state index contributed by atoms with van der Waals surface area (Å²) in [5.41, 5.74) is 2.61. The normalized spacial score (nSPS) is 11.5. The highest BCUT2D eigenvalue weighted by atomic mass is 32.1. The van der Waals surface area contributed by atoms with Crippen molar-refractivity contribution < 1.29 is 9.53 Å². The van der Waals surface area contributed by atoms with Gasteiger partial charge in [0, 0.05) is 11.3 Å². The largest absolute Gasteiger partial charge is 0.494 e. The van der Waals surface area contributed by atoms with Gasteiger partial charge in [-0.2, -0.15) is 0 Å². The lowest BCUT2D eigenvalue weighted by Gasteiger charge is -2.17. The van der Waals surface area contributed by atoms with Gasteiger partial charge in [-0.05, 0) is 61.3 Å². The number of carbonyl (C=O) groups excluding carboxylic acids is 1. The van der Waals surface area contributed by atoms with Crippen molar-refractivity contribution in [1.82, 2.24) is 5.32 Å². The van der Waals surface area contributed by atoms with E-state index in [0.29, 0.717) is 23.8 Å². The Morgan fingerprint density at radius 3 is 2.64 bits per heavy atom. The Bertz CT molecular complexity index is 746. The molecule has 0 saturated carbocycles. The Hall–Kier alpha value is -2.40. The number of thiocarbonyl (C=S) groups is 1. The van der Waals surface area contributed by atoms with E-state index < -0.39 is 0 Å². The number of rotatable bonds is 6. The lowest BCUT2D eigenvalue weighted by Crippen LogP contribution is -2.34. The van der Waals surface area contributed by atoms with Crippen molar-refractivity contribution in [2.75, 3.05) is 11.9 Å². The van der Waals surface area contributed by atoms with Crippen LogP contribution in [0, 0.1) is 0 Å². The van der Waals surface area contributed by atoms with Crippen LogP contribution in [0.4, 0.5) is 5.69 Å². The van der Waals surface area contributed by atoms with Gasteiger partial charge < -0.3 is 10.1 Å². The zero-order valence-corrected chi connectivity index (χ0v) is 15.7. The highest BCUT2D eigenvalue weighted by Crippen LogP contribution is 2.26. The van der Waals surface area contributed by atoms with Crippen LogP contribution >= 0.6 is 12.2 Å². The molecule has 0 saturated heterocycles. The Kier molecular flexibility index (Phi) is 6.95. The molecule has 0 bridgehead atoms. The number of para-hydroxylation sites is 1. The van der Waals surface area contributed by atoms with Gasteiger partial charge in [-0.1, -0.05) is 38.1 Å². The molecule has 0 fully saturated rings. The predicted octanol–water partition coefficient (Wildman–Crippen LogP) is 4.73. The zero-order valence-electron chi connectivity index (χ0n) is 14.8. The fraction of sp³-hybridized carbons (Fsp3) is 0.300. The number of benzene rings is 2. The van der Waals surface area contributed by atoms with Gasteiger partial charge in [-0.3, -0.25) is 10.1 Å². The fourth-order valence-corrected chi connectivity index (χ4v) is 2.69. The van der Waals surface area contributed by atoms with Gasteiger partial charge in [0.2, 0.25) is 0 Å². The van der Waals surface area contributed by atoms with Crippen molar-refractivity contribution in [1.29, 1.82) is 0 Å². The molecule has 0 aliphatic rings. The van der Waals surface area contributed by atoms with Crippen LogP contribution in [0.1, 0.15) is 49.0 Å². The molecular formula is C20H24N2O2S. The molecule has 2 aromatic rings. The predicted molar refractivity (Wildman–Crippen MR) is 106 cm³/mol. The lowest BCUT2D eigenvalue weighted by molar-refractivity contribution is 0.0977. The molecule has 2 N–H and O–H groups in total. The van der Waals surface area contributed by atoms with E-state index in [9.17, 15) is 4.79 Å². The molecule has 5 heteroatoms. The van der Waals surface area contributed by atoms with Crippen LogP contribution < -0.4 is 15.4 Å². The summed E-state index contributed by atoms with van der Waals surface area (Å²) in [4.78, 5) is 12.4. The first-order valence-electron chi connectivity index (χ1n) is 8.49. The highest BCUT2D eigenvalue weighted by molar-refractivity contribution is 7.80. The standard InChI is InChI=1S/C20H24N2O2S/c1-4-14(3)17-11-6-7-12-18(17)21-20(25)22-19(23)15-9-8-10-16(13-15)24-5-2/h6-14H,4-5H2,1-3H3,(H2,21,22,23,25). The Labute approximate surface area is 154 Å². The summed E-state index contributed by atoms with van der Waals surface area (Å²) < 4.78 is 5.42. The molecule has 1 amide bonds. The van der Waals surface area contributed by atoms with Gasteiger partial charge >= 0.3 is 0 Å². The Morgan fingerprint density at radius 2 is 1.92 bits per heavy atom. The van der Waals surface area contributed by atoms with Gasteiger partial charge in [-0.25, -0.2) is 0 Å². The second kappa shape index (κ2) is 9.18. The molecule has 0 aliphatic carbocycles. The van der Waals surface area contributed by atoms with Gasteiger partial charge in [0.1, 0.15) is 5.75 Å². The van der Waals surface area contributed by atoms with E-state index in [1.54, 1.807) is 18.2 Å². The number of amides is 1. The van der Waals surface area contributed by atoms with E-state index in [2.05, 4.69) is 30.5 Å². The minimum atomic E-state index is -0.264. The van der Waals surface area contributed by atoms with E-state index in [4.69, 9.17) is 17.0 Å². The summed E-state index contributed by atoms with van der Waals surface area (Å²) in [7, 11) is 0. The van der Waals surface area contributed by atoms with E-state index in [0.717, 1.165) is 12.1 Å². The average molecular weight is 356 g/mol. The zero-order chi connectivity index (χ0) is 18.2. The number of carbonyl (C=O) groups is 1. The molecule has 4 nitrogen and oxygen atoms in total. The van der Waals surface area contributed by atoms with Crippen molar-refractivity contribution in [2.24, 2.45) is 0 Å². The van der Waals surface area contributed by atoms with Gasteiger partial charge in [0.05, 0.1) is 6.61 Å². The molecule has 2 rings (SSSR count). The molecule has 132 valence electrons. The summed E-state index contributed by atoms with van der Waals surface area (Å²) in [6.45, 7) is 6.77. The van der Waals surface area contributed by atoms with Crippen LogP contribution in [0.5, 0.6) is 5.75 Å². The lowest BCUT2D eigenvalue weighted by atomic mass is 9.97.